The van der Waals surface area contributed by atoms with E-state index in [1.54, 1.807) is 0 Å². The summed E-state index contributed by atoms with van der Waals surface area (Å²) in [4.78, 5) is 4.92. The van der Waals surface area contributed by atoms with E-state index in [1.165, 1.54) is 93.4 Å². The zero-order valence-corrected chi connectivity index (χ0v) is 40.8. The Kier molecular flexibility index (Phi) is 10.9. The molecule has 11 rings (SSSR count). The summed E-state index contributed by atoms with van der Waals surface area (Å²) in [6.07, 6.45) is 0. The first kappa shape index (κ1) is 43.6. The fourth-order valence-electron chi connectivity index (χ4n) is 10.6. The first-order valence-electron chi connectivity index (χ1n) is 24.3. The van der Waals surface area contributed by atoms with Gasteiger partial charge in [-0.1, -0.05) is 211 Å². The van der Waals surface area contributed by atoms with Gasteiger partial charge in [0, 0.05) is 44.3 Å². The summed E-state index contributed by atoms with van der Waals surface area (Å²) in [6, 6.07) is 83.3. The second-order valence-corrected chi connectivity index (χ2v) is 20.7. The SMILES string of the molecule is Cc1cc(-c2c3ccccc3c(N(c3ccccc3)c3ccc(C(C)(C)C)cc3)c3ccccc23)cc(-c2c3ccccc3c(N(c3ccccc3)c3ccc(C(C)(C)C)cc3)c3ccccc23)c1. The zero-order chi connectivity index (χ0) is 47.4. The van der Waals surface area contributed by atoms with Crippen molar-refractivity contribution in [2.75, 3.05) is 9.80 Å². The van der Waals surface area contributed by atoms with E-state index in [0.29, 0.717) is 0 Å². The van der Waals surface area contributed by atoms with Gasteiger partial charge in [-0.05, 0) is 133 Å². The molecule has 0 amide bonds. The summed E-state index contributed by atoms with van der Waals surface area (Å²) >= 11 is 0. The lowest BCUT2D eigenvalue weighted by Gasteiger charge is -2.30. The maximum absolute atomic E-state index is 2.46. The van der Waals surface area contributed by atoms with Gasteiger partial charge >= 0.3 is 0 Å². The van der Waals surface area contributed by atoms with Crippen molar-refractivity contribution in [3.63, 3.8) is 0 Å². The first-order chi connectivity index (χ1) is 33.4. The van der Waals surface area contributed by atoms with Gasteiger partial charge in [0.25, 0.3) is 0 Å². The van der Waals surface area contributed by atoms with Crippen molar-refractivity contribution < 1.29 is 0 Å². The topological polar surface area (TPSA) is 6.48 Å². The maximum atomic E-state index is 2.46. The first-order valence-corrected chi connectivity index (χ1v) is 24.3. The molecule has 2 nitrogen and oxygen atoms in total. The van der Waals surface area contributed by atoms with E-state index in [4.69, 9.17) is 0 Å². The van der Waals surface area contributed by atoms with Gasteiger partial charge in [0.15, 0.2) is 0 Å². The van der Waals surface area contributed by atoms with Gasteiger partial charge < -0.3 is 9.80 Å². The Bertz CT molecular complexity index is 3310. The lowest BCUT2D eigenvalue weighted by atomic mass is 9.85. The molecule has 0 saturated heterocycles. The lowest BCUT2D eigenvalue weighted by molar-refractivity contribution is 0.590. The molecule has 0 aliphatic heterocycles. The van der Waals surface area contributed by atoms with Crippen LogP contribution in [-0.4, -0.2) is 0 Å². The highest BCUT2D eigenvalue weighted by molar-refractivity contribution is 6.24. The lowest BCUT2D eigenvalue weighted by Crippen LogP contribution is -2.14. The monoisotopic (exact) mass is 890 g/mol. The van der Waals surface area contributed by atoms with E-state index < -0.39 is 0 Å². The summed E-state index contributed by atoms with van der Waals surface area (Å²) in [5.41, 5.74) is 15.7. The standard InChI is InChI=1S/C67H58N2/c1-45-42-46(62-54-26-14-18-30-58(54)64(59-31-19-15-27-55(59)62)68(50-22-10-8-11-23-50)52-38-34-48(35-39-52)66(2,3)4)44-47(43-45)63-56-28-16-20-32-60(56)65(61-33-21-17-29-57(61)63)69(51-24-12-9-13-25-51)53-40-36-49(37-41-53)67(5,6)7/h8-44H,1-7H3. The number of anilines is 6. The van der Waals surface area contributed by atoms with Gasteiger partial charge in [-0.3, -0.25) is 0 Å². The third kappa shape index (κ3) is 7.90. The Morgan fingerprint density at radius 3 is 0.826 bits per heavy atom. The van der Waals surface area contributed by atoms with Crippen LogP contribution in [0.25, 0.3) is 65.3 Å². The van der Waals surface area contributed by atoms with Crippen LogP contribution in [0.2, 0.25) is 0 Å². The van der Waals surface area contributed by atoms with Crippen LogP contribution >= 0.6 is 0 Å². The summed E-state index contributed by atoms with van der Waals surface area (Å²) in [6.45, 7) is 15.9. The van der Waals surface area contributed by atoms with Crippen molar-refractivity contribution in [1.82, 2.24) is 0 Å². The molecule has 0 atom stereocenters. The van der Waals surface area contributed by atoms with Crippen molar-refractivity contribution in [1.29, 1.82) is 0 Å². The molecule has 0 spiro atoms. The van der Waals surface area contributed by atoms with Crippen LogP contribution in [0.1, 0.15) is 58.2 Å². The van der Waals surface area contributed by atoms with E-state index in [9.17, 15) is 0 Å². The fourth-order valence-corrected chi connectivity index (χ4v) is 10.6. The minimum Gasteiger partial charge on any atom is -0.309 e. The summed E-state index contributed by atoms with van der Waals surface area (Å²) in [5, 5.41) is 9.69. The molecule has 11 aromatic carbocycles. The van der Waals surface area contributed by atoms with Crippen molar-refractivity contribution >= 4 is 77.2 Å². The highest BCUT2D eigenvalue weighted by atomic mass is 15.2. The second-order valence-electron chi connectivity index (χ2n) is 20.7. The van der Waals surface area contributed by atoms with Gasteiger partial charge in [-0.15, -0.1) is 0 Å². The van der Waals surface area contributed by atoms with E-state index >= 15 is 0 Å². The molecule has 0 unspecified atom stereocenters. The number of benzene rings is 11. The minimum absolute atomic E-state index is 0.0475. The average Bonchev–Trinajstić information content (AvgIpc) is 3.36. The van der Waals surface area contributed by atoms with Gasteiger partial charge in [-0.25, -0.2) is 0 Å². The predicted molar refractivity (Wildman–Crippen MR) is 299 cm³/mol. The molecule has 336 valence electrons. The number of aryl methyl sites for hydroxylation is 1. The zero-order valence-electron chi connectivity index (χ0n) is 40.8. The molecule has 0 fully saturated rings. The molecular formula is C67H58N2. The van der Waals surface area contributed by atoms with Crippen molar-refractivity contribution in [2.24, 2.45) is 0 Å². The molecule has 11 aromatic rings. The van der Waals surface area contributed by atoms with Crippen LogP contribution in [0.4, 0.5) is 34.1 Å². The molecular weight excluding hydrogens is 833 g/mol. The number of fused-ring (bicyclic) bond motifs is 4. The largest absolute Gasteiger partial charge is 0.309 e. The van der Waals surface area contributed by atoms with E-state index in [1.807, 2.05) is 0 Å². The highest BCUT2D eigenvalue weighted by Crippen LogP contribution is 2.51. The van der Waals surface area contributed by atoms with Crippen LogP contribution in [-0.2, 0) is 10.8 Å². The molecule has 0 saturated carbocycles. The molecule has 0 bridgehead atoms. The summed E-state index contributed by atoms with van der Waals surface area (Å²) < 4.78 is 0. The van der Waals surface area contributed by atoms with Gasteiger partial charge in [-0.2, -0.15) is 0 Å². The van der Waals surface area contributed by atoms with Crippen LogP contribution < -0.4 is 9.80 Å². The summed E-state index contributed by atoms with van der Waals surface area (Å²) in [7, 11) is 0. The van der Waals surface area contributed by atoms with E-state index in [2.05, 4.69) is 283 Å². The van der Waals surface area contributed by atoms with Crippen molar-refractivity contribution in [3.05, 3.63) is 241 Å². The molecule has 0 aliphatic rings. The van der Waals surface area contributed by atoms with Crippen LogP contribution in [0, 0.1) is 6.92 Å². The molecule has 0 aromatic heterocycles. The van der Waals surface area contributed by atoms with E-state index in [0.717, 1.165) is 22.7 Å². The Morgan fingerprint density at radius 2 is 0.536 bits per heavy atom. The number of hydrogen-bond acceptors (Lipinski definition) is 2. The number of para-hydroxylation sites is 2. The molecule has 0 radical (unpaired) electrons. The van der Waals surface area contributed by atoms with Crippen molar-refractivity contribution in [3.8, 4) is 22.3 Å². The number of nitrogens with zero attached hydrogens (tertiary/aromatic N) is 2. The Hall–Kier alpha value is -7.94. The predicted octanol–water partition coefficient (Wildman–Crippen LogP) is 19.5. The minimum atomic E-state index is 0.0475. The van der Waals surface area contributed by atoms with Gasteiger partial charge in [0.1, 0.15) is 0 Å². The molecule has 2 heteroatoms. The third-order valence-electron chi connectivity index (χ3n) is 13.9. The maximum Gasteiger partial charge on any atom is 0.0618 e. The smallest absolute Gasteiger partial charge is 0.0618 e. The van der Waals surface area contributed by atoms with Gasteiger partial charge in [0.05, 0.1) is 11.4 Å². The molecule has 0 aliphatic carbocycles. The Balaban J connectivity index is 1.15. The van der Waals surface area contributed by atoms with Gasteiger partial charge in [0.2, 0.25) is 0 Å². The van der Waals surface area contributed by atoms with Crippen LogP contribution in [0.3, 0.4) is 0 Å². The normalized spacial score (nSPS) is 12.0. The highest BCUT2D eigenvalue weighted by Gasteiger charge is 2.26. The quantitative estimate of drug-likeness (QED) is 0.140. The molecule has 0 heterocycles. The molecule has 69 heavy (non-hydrogen) atoms. The fraction of sp³-hybridized carbons (Fsp3) is 0.134. The third-order valence-corrected chi connectivity index (χ3v) is 13.9. The number of hydrogen-bond donors (Lipinski definition) is 0. The Morgan fingerprint density at radius 1 is 0.275 bits per heavy atom. The Labute approximate surface area is 407 Å². The van der Waals surface area contributed by atoms with E-state index in [-0.39, 0.29) is 10.8 Å². The van der Waals surface area contributed by atoms with Crippen LogP contribution in [0.15, 0.2) is 224 Å². The van der Waals surface area contributed by atoms with Crippen LogP contribution in [0.5, 0.6) is 0 Å². The van der Waals surface area contributed by atoms with Crippen molar-refractivity contribution in [2.45, 2.75) is 59.3 Å². The molecule has 0 N–H and O–H groups in total. The second kappa shape index (κ2) is 17.3. The average molecular weight is 891 g/mol. The summed E-state index contributed by atoms with van der Waals surface area (Å²) in [5.74, 6) is 0. The number of rotatable bonds is 8.